The summed E-state index contributed by atoms with van der Waals surface area (Å²) in [6.07, 6.45) is 3.67. The van der Waals surface area contributed by atoms with Crippen molar-refractivity contribution in [1.29, 1.82) is 0 Å². The molecule has 0 bridgehead atoms. The van der Waals surface area contributed by atoms with Gasteiger partial charge in [0.1, 0.15) is 0 Å². The van der Waals surface area contributed by atoms with Crippen LogP contribution in [0.5, 0.6) is 0 Å². The SMILES string of the molecule is CN(Cc1cnn(C)c1)C(=O)C(CN)c1ccccc1.Cl.Cl. The minimum absolute atomic E-state index is 0. The zero-order valence-corrected chi connectivity index (χ0v) is 14.3. The van der Waals surface area contributed by atoms with E-state index < -0.39 is 0 Å². The van der Waals surface area contributed by atoms with Crippen LogP contribution in [0.1, 0.15) is 17.0 Å². The van der Waals surface area contributed by atoms with Crippen molar-refractivity contribution in [2.75, 3.05) is 13.6 Å². The van der Waals surface area contributed by atoms with Crippen LogP contribution >= 0.6 is 24.8 Å². The maximum Gasteiger partial charge on any atom is 0.231 e. The summed E-state index contributed by atoms with van der Waals surface area (Å²) in [5.41, 5.74) is 7.74. The van der Waals surface area contributed by atoms with E-state index >= 15 is 0 Å². The number of amides is 1. The normalized spacial score (nSPS) is 11.0. The predicted octanol–water partition coefficient (Wildman–Crippen LogP) is 1.96. The van der Waals surface area contributed by atoms with E-state index in [2.05, 4.69) is 5.10 Å². The number of carbonyl (C=O) groups is 1. The van der Waals surface area contributed by atoms with Gasteiger partial charge in [0, 0.05) is 38.9 Å². The van der Waals surface area contributed by atoms with E-state index in [0.717, 1.165) is 11.1 Å². The summed E-state index contributed by atoms with van der Waals surface area (Å²) in [6, 6.07) is 9.65. The molecule has 2 rings (SSSR count). The molecule has 2 aromatic rings. The van der Waals surface area contributed by atoms with Crippen LogP contribution in [0.15, 0.2) is 42.7 Å². The number of aromatic nitrogens is 2. The second kappa shape index (κ2) is 9.46. The average molecular weight is 345 g/mol. The maximum atomic E-state index is 12.5. The van der Waals surface area contributed by atoms with Crippen molar-refractivity contribution in [3.05, 3.63) is 53.9 Å². The Morgan fingerprint density at radius 2 is 1.95 bits per heavy atom. The third-order valence-electron chi connectivity index (χ3n) is 3.29. The standard InChI is InChI=1S/C15H20N4O.2ClH/c1-18(10-12-9-17-19(2)11-12)15(20)14(8-16)13-6-4-3-5-7-13;;/h3-7,9,11,14H,8,10,16H2,1-2H3;2*1H. The Morgan fingerprint density at radius 3 is 2.45 bits per heavy atom. The number of hydrogen-bond donors (Lipinski definition) is 1. The summed E-state index contributed by atoms with van der Waals surface area (Å²) in [7, 11) is 3.65. The quantitative estimate of drug-likeness (QED) is 0.901. The first-order valence-corrected chi connectivity index (χ1v) is 6.59. The summed E-state index contributed by atoms with van der Waals surface area (Å²) in [5, 5.41) is 4.11. The number of aryl methyl sites for hydroxylation is 1. The van der Waals surface area contributed by atoms with Crippen LogP contribution in [0.2, 0.25) is 0 Å². The van der Waals surface area contributed by atoms with Crippen molar-refractivity contribution in [2.24, 2.45) is 12.8 Å². The second-order valence-electron chi connectivity index (χ2n) is 4.92. The van der Waals surface area contributed by atoms with Crippen molar-refractivity contribution >= 4 is 30.7 Å². The molecule has 0 aliphatic rings. The molecular weight excluding hydrogens is 323 g/mol. The number of nitrogens with two attached hydrogens (primary N) is 1. The number of nitrogens with zero attached hydrogens (tertiary/aromatic N) is 3. The molecule has 1 amide bonds. The molecule has 5 nitrogen and oxygen atoms in total. The van der Waals surface area contributed by atoms with Crippen LogP contribution in [0.25, 0.3) is 0 Å². The highest BCUT2D eigenvalue weighted by atomic mass is 35.5. The third kappa shape index (κ3) is 5.02. The number of carbonyl (C=O) groups excluding carboxylic acids is 1. The van der Waals surface area contributed by atoms with Gasteiger partial charge in [-0.1, -0.05) is 30.3 Å². The zero-order valence-electron chi connectivity index (χ0n) is 12.7. The Bertz CT molecular complexity index is 574. The van der Waals surface area contributed by atoms with Crippen LogP contribution in [0.3, 0.4) is 0 Å². The van der Waals surface area contributed by atoms with Crippen molar-refractivity contribution < 1.29 is 4.79 Å². The lowest BCUT2D eigenvalue weighted by Gasteiger charge is -2.22. The van der Waals surface area contributed by atoms with Crippen LogP contribution in [-0.4, -0.2) is 34.2 Å². The Kier molecular flexibility index (Phi) is 8.79. The van der Waals surface area contributed by atoms with Gasteiger partial charge >= 0.3 is 0 Å². The number of benzene rings is 1. The first-order valence-electron chi connectivity index (χ1n) is 6.59. The van der Waals surface area contributed by atoms with Crippen molar-refractivity contribution in [1.82, 2.24) is 14.7 Å². The van der Waals surface area contributed by atoms with Crippen LogP contribution in [0, 0.1) is 0 Å². The Hall–Kier alpha value is -1.56. The van der Waals surface area contributed by atoms with Gasteiger partial charge in [0.15, 0.2) is 0 Å². The number of likely N-dealkylation sites (N-methyl/N-ethyl adjacent to an activating group) is 1. The largest absolute Gasteiger partial charge is 0.341 e. The number of halogens is 2. The minimum atomic E-state index is -0.294. The minimum Gasteiger partial charge on any atom is -0.341 e. The van der Waals surface area contributed by atoms with Gasteiger partial charge in [0.2, 0.25) is 5.91 Å². The fraction of sp³-hybridized carbons (Fsp3) is 0.333. The molecule has 1 aromatic carbocycles. The lowest BCUT2D eigenvalue weighted by molar-refractivity contribution is -0.131. The maximum absolute atomic E-state index is 12.5. The summed E-state index contributed by atoms with van der Waals surface area (Å²) >= 11 is 0. The van der Waals surface area contributed by atoms with E-state index in [4.69, 9.17) is 5.73 Å². The molecule has 0 saturated carbocycles. The summed E-state index contributed by atoms with van der Waals surface area (Å²) < 4.78 is 1.73. The van der Waals surface area contributed by atoms with E-state index in [-0.39, 0.29) is 36.6 Å². The van der Waals surface area contributed by atoms with Gasteiger partial charge in [-0.05, 0) is 5.56 Å². The average Bonchev–Trinajstić information content (AvgIpc) is 2.86. The van der Waals surface area contributed by atoms with Gasteiger partial charge in [-0.15, -0.1) is 24.8 Å². The molecule has 0 aliphatic heterocycles. The highest BCUT2D eigenvalue weighted by Gasteiger charge is 2.22. The van der Waals surface area contributed by atoms with Crippen molar-refractivity contribution in [2.45, 2.75) is 12.5 Å². The lowest BCUT2D eigenvalue weighted by atomic mass is 9.98. The van der Waals surface area contributed by atoms with Crippen molar-refractivity contribution in [3.8, 4) is 0 Å². The summed E-state index contributed by atoms with van der Waals surface area (Å²) in [6.45, 7) is 0.843. The Labute approximate surface area is 143 Å². The van der Waals surface area contributed by atoms with E-state index in [1.165, 1.54) is 0 Å². The molecule has 0 spiro atoms. The first-order chi connectivity index (χ1) is 9.61. The molecule has 1 unspecified atom stereocenters. The number of rotatable bonds is 5. The smallest absolute Gasteiger partial charge is 0.231 e. The molecule has 122 valence electrons. The van der Waals surface area contributed by atoms with Crippen LogP contribution in [-0.2, 0) is 18.4 Å². The van der Waals surface area contributed by atoms with Crippen LogP contribution in [0.4, 0.5) is 0 Å². The van der Waals surface area contributed by atoms with E-state index in [1.54, 1.807) is 22.8 Å². The molecule has 22 heavy (non-hydrogen) atoms. The van der Waals surface area contributed by atoms with E-state index in [0.29, 0.717) is 13.1 Å². The molecular formula is C15H22Cl2N4O. The highest BCUT2D eigenvalue weighted by molar-refractivity contribution is 5.85. The molecule has 0 radical (unpaired) electrons. The van der Waals surface area contributed by atoms with Gasteiger partial charge in [0.25, 0.3) is 0 Å². The van der Waals surface area contributed by atoms with Gasteiger partial charge in [-0.3, -0.25) is 9.48 Å². The third-order valence-corrected chi connectivity index (χ3v) is 3.29. The number of hydrogen-bond acceptors (Lipinski definition) is 3. The zero-order chi connectivity index (χ0) is 14.5. The topological polar surface area (TPSA) is 64.2 Å². The second-order valence-corrected chi connectivity index (χ2v) is 4.92. The molecule has 0 fully saturated rings. The summed E-state index contributed by atoms with van der Waals surface area (Å²) in [4.78, 5) is 14.2. The molecule has 0 aliphatic carbocycles. The lowest BCUT2D eigenvalue weighted by Crippen LogP contribution is -2.34. The van der Waals surface area contributed by atoms with E-state index in [1.807, 2.05) is 43.6 Å². The highest BCUT2D eigenvalue weighted by Crippen LogP contribution is 2.17. The first kappa shape index (κ1) is 20.4. The van der Waals surface area contributed by atoms with E-state index in [9.17, 15) is 4.79 Å². The molecule has 1 heterocycles. The van der Waals surface area contributed by atoms with Crippen molar-refractivity contribution in [3.63, 3.8) is 0 Å². The monoisotopic (exact) mass is 344 g/mol. The fourth-order valence-corrected chi connectivity index (χ4v) is 2.24. The molecule has 1 aromatic heterocycles. The molecule has 2 N–H and O–H groups in total. The summed E-state index contributed by atoms with van der Waals surface area (Å²) in [5.74, 6) is -0.263. The molecule has 7 heteroatoms. The van der Waals surface area contributed by atoms with Crippen LogP contribution < -0.4 is 5.73 Å². The molecule has 1 atom stereocenters. The van der Waals surface area contributed by atoms with Gasteiger partial charge in [-0.25, -0.2) is 0 Å². The van der Waals surface area contributed by atoms with Gasteiger partial charge < -0.3 is 10.6 Å². The Morgan fingerprint density at radius 1 is 1.32 bits per heavy atom. The fourth-order valence-electron chi connectivity index (χ4n) is 2.24. The Balaban J connectivity index is 0.00000220. The van der Waals surface area contributed by atoms with Gasteiger partial charge in [0.05, 0.1) is 12.1 Å². The van der Waals surface area contributed by atoms with Gasteiger partial charge in [-0.2, -0.15) is 5.10 Å². The molecule has 0 saturated heterocycles. The predicted molar refractivity (Wildman–Crippen MR) is 92.4 cm³/mol.